The Hall–Kier alpha value is -1.17. The van der Waals surface area contributed by atoms with Crippen LogP contribution >= 0.6 is 11.6 Å². The van der Waals surface area contributed by atoms with Gasteiger partial charge in [-0.05, 0) is 37.6 Å². The van der Waals surface area contributed by atoms with Crippen molar-refractivity contribution >= 4 is 11.6 Å². The molecule has 0 atom stereocenters. The van der Waals surface area contributed by atoms with Gasteiger partial charge in [-0.2, -0.15) is 0 Å². The Morgan fingerprint density at radius 3 is 3.00 bits per heavy atom. The van der Waals surface area contributed by atoms with Gasteiger partial charge in [0.25, 0.3) is 0 Å². The average Bonchev–Trinajstić information content (AvgIpc) is 2.37. The highest BCUT2D eigenvalue weighted by molar-refractivity contribution is 6.30. The number of unbranched alkanes of at least 4 members (excludes halogenated alkanes) is 1. The summed E-state index contributed by atoms with van der Waals surface area (Å²) < 4.78 is 5.73. The molecule has 1 aromatic rings. The van der Waals surface area contributed by atoms with Gasteiger partial charge < -0.3 is 10.1 Å². The van der Waals surface area contributed by atoms with Gasteiger partial charge in [-0.25, -0.2) is 0 Å². The quantitative estimate of drug-likeness (QED) is 0.572. The third-order valence-electron chi connectivity index (χ3n) is 2.49. The highest BCUT2D eigenvalue weighted by Gasteiger charge is 2.04. The summed E-state index contributed by atoms with van der Waals surface area (Å²) in [5, 5.41) is 4.09. The molecule has 0 radical (unpaired) electrons. The number of benzene rings is 1. The molecule has 0 fully saturated rings. The third-order valence-corrected chi connectivity index (χ3v) is 2.72. The Kier molecular flexibility index (Phi) is 7.32. The first-order valence-corrected chi connectivity index (χ1v) is 6.71. The second-order valence-electron chi connectivity index (χ2n) is 4.08. The maximum Gasteiger partial charge on any atom is 0.123 e. The van der Waals surface area contributed by atoms with Crippen LogP contribution < -0.4 is 10.1 Å². The molecule has 0 aliphatic carbocycles. The summed E-state index contributed by atoms with van der Waals surface area (Å²) in [5.74, 6) is 3.50. The van der Waals surface area contributed by atoms with E-state index in [9.17, 15) is 0 Å². The topological polar surface area (TPSA) is 21.3 Å². The van der Waals surface area contributed by atoms with Gasteiger partial charge in [0, 0.05) is 23.6 Å². The second kappa shape index (κ2) is 8.85. The van der Waals surface area contributed by atoms with E-state index in [4.69, 9.17) is 22.8 Å². The average molecular weight is 266 g/mol. The van der Waals surface area contributed by atoms with Crippen LogP contribution in [0.1, 0.15) is 31.7 Å². The predicted octanol–water partition coefficient (Wildman–Crippen LogP) is 3.63. The first-order chi connectivity index (χ1) is 8.77. The number of terminal acetylenes is 1. The SMILES string of the molecule is C#CCCCOc1ccc(Cl)cc1CNCCC. The molecule has 0 saturated carbocycles. The zero-order valence-corrected chi connectivity index (χ0v) is 11.6. The molecular weight excluding hydrogens is 246 g/mol. The maximum absolute atomic E-state index is 6.00. The molecule has 1 rings (SSSR count). The summed E-state index contributed by atoms with van der Waals surface area (Å²) >= 11 is 6.00. The smallest absolute Gasteiger partial charge is 0.123 e. The van der Waals surface area contributed by atoms with Crippen molar-refractivity contribution in [1.82, 2.24) is 5.32 Å². The molecule has 0 saturated heterocycles. The summed E-state index contributed by atoms with van der Waals surface area (Å²) in [6.45, 7) is 4.55. The Labute approximate surface area is 115 Å². The van der Waals surface area contributed by atoms with Gasteiger partial charge in [0.1, 0.15) is 5.75 Å². The lowest BCUT2D eigenvalue weighted by atomic mass is 10.2. The van der Waals surface area contributed by atoms with Crippen LogP contribution in [0.3, 0.4) is 0 Å². The Morgan fingerprint density at radius 2 is 2.28 bits per heavy atom. The maximum atomic E-state index is 6.00. The van der Waals surface area contributed by atoms with Crippen LogP contribution in [0.4, 0.5) is 0 Å². The normalized spacial score (nSPS) is 10.1. The first-order valence-electron chi connectivity index (χ1n) is 6.33. The Balaban J connectivity index is 2.56. The van der Waals surface area contributed by atoms with E-state index in [1.807, 2.05) is 18.2 Å². The Bertz CT molecular complexity index is 398. The molecule has 3 heteroatoms. The van der Waals surface area contributed by atoms with Gasteiger partial charge in [-0.15, -0.1) is 12.3 Å². The lowest BCUT2D eigenvalue weighted by Gasteiger charge is -2.12. The van der Waals surface area contributed by atoms with Crippen molar-refractivity contribution in [3.63, 3.8) is 0 Å². The van der Waals surface area contributed by atoms with Gasteiger partial charge in [0.05, 0.1) is 6.61 Å². The monoisotopic (exact) mass is 265 g/mol. The number of nitrogens with one attached hydrogen (secondary N) is 1. The third kappa shape index (κ3) is 5.44. The molecule has 1 N–H and O–H groups in total. The Morgan fingerprint density at radius 1 is 1.44 bits per heavy atom. The highest BCUT2D eigenvalue weighted by Crippen LogP contribution is 2.23. The number of halogens is 1. The van der Waals surface area contributed by atoms with Crippen LogP contribution in [0.15, 0.2) is 18.2 Å². The first kappa shape index (κ1) is 14.9. The molecule has 18 heavy (non-hydrogen) atoms. The van der Waals surface area contributed by atoms with Crippen molar-refractivity contribution < 1.29 is 4.74 Å². The predicted molar refractivity (Wildman–Crippen MR) is 77.0 cm³/mol. The summed E-state index contributed by atoms with van der Waals surface area (Å²) in [7, 11) is 0. The zero-order valence-electron chi connectivity index (χ0n) is 10.8. The summed E-state index contributed by atoms with van der Waals surface area (Å²) in [6.07, 6.45) is 7.94. The number of hydrogen-bond acceptors (Lipinski definition) is 2. The second-order valence-corrected chi connectivity index (χ2v) is 4.52. The molecule has 0 aromatic heterocycles. The van der Waals surface area contributed by atoms with Crippen molar-refractivity contribution in [2.75, 3.05) is 13.2 Å². The van der Waals surface area contributed by atoms with Gasteiger partial charge in [-0.1, -0.05) is 18.5 Å². The molecule has 98 valence electrons. The van der Waals surface area contributed by atoms with Crippen molar-refractivity contribution in [2.24, 2.45) is 0 Å². The molecule has 0 unspecified atom stereocenters. The lowest BCUT2D eigenvalue weighted by molar-refractivity contribution is 0.309. The van der Waals surface area contributed by atoms with E-state index in [1.54, 1.807) is 0 Å². The molecule has 0 heterocycles. The standard InChI is InChI=1S/C15H20ClNO/c1-3-5-6-10-18-15-8-7-14(16)11-13(15)12-17-9-4-2/h1,7-8,11,17H,4-6,9-10,12H2,2H3. The fourth-order valence-electron chi connectivity index (χ4n) is 1.58. The minimum Gasteiger partial charge on any atom is -0.493 e. The van der Waals surface area contributed by atoms with Gasteiger partial charge >= 0.3 is 0 Å². The van der Waals surface area contributed by atoms with E-state index in [1.165, 1.54) is 0 Å². The molecule has 0 aliphatic heterocycles. The van der Waals surface area contributed by atoms with Gasteiger partial charge in [0.2, 0.25) is 0 Å². The molecule has 0 amide bonds. The summed E-state index contributed by atoms with van der Waals surface area (Å²) in [6, 6.07) is 5.71. The van der Waals surface area contributed by atoms with Crippen molar-refractivity contribution in [2.45, 2.75) is 32.7 Å². The molecule has 2 nitrogen and oxygen atoms in total. The van der Waals surface area contributed by atoms with Crippen LogP contribution in [0.2, 0.25) is 5.02 Å². The molecule has 0 bridgehead atoms. The molecule has 0 aliphatic rings. The summed E-state index contributed by atoms with van der Waals surface area (Å²) in [5.41, 5.74) is 1.09. The minimum absolute atomic E-state index is 0.645. The van der Waals surface area contributed by atoms with Gasteiger partial charge in [0.15, 0.2) is 0 Å². The van der Waals surface area contributed by atoms with Crippen LogP contribution in [0.5, 0.6) is 5.75 Å². The van der Waals surface area contributed by atoms with E-state index >= 15 is 0 Å². The number of hydrogen-bond donors (Lipinski definition) is 1. The van der Waals surface area contributed by atoms with Crippen LogP contribution in [0.25, 0.3) is 0 Å². The van der Waals surface area contributed by atoms with E-state index < -0.39 is 0 Å². The number of ether oxygens (including phenoxy) is 1. The fraction of sp³-hybridized carbons (Fsp3) is 0.467. The van der Waals surface area contributed by atoms with Crippen molar-refractivity contribution in [3.8, 4) is 18.1 Å². The molecular formula is C15H20ClNO. The number of rotatable bonds is 8. The van der Waals surface area contributed by atoms with Crippen molar-refractivity contribution in [1.29, 1.82) is 0 Å². The molecule has 0 spiro atoms. The van der Waals surface area contributed by atoms with Gasteiger partial charge in [-0.3, -0.25) is 0 Å². The lowest BCUT2D eigenvalue weighted by Crippen LogP contribution is -2.14. The molecule has 1 aromatic carbocycles. The van der Waals surface area contributed by atoms with Crippen molar-refractivity contribution in [3.05, 3.63) is 28.8 Å². The van der Waals surface area contributed by atoms with Crippen LogP contribution in [-0.2, 0) is 6.54 Å². The fourth-order valence-corrected chi connectivity index (χ4v) is 1.78. The summed E-state index contributed by atoms with van der Waals surface area (Å²) in [4.78, 5) is 0. The zero-order chi connectivity index (χ0) is 13.2. The van der Waals surface area contributed by atoms with Crippen LogP contribution in [-0.4, -0.2) is 13.2 Å². The van der Waals surface area contributed by atoms with E-state index in [0.29, 0.717) is 6.61 Å². The van der Waals surface area contributed by atoms with E-state index in [2.05, 4.69) is 18.2 Å². The minimum atomic E-state index is 0.645. The van der Waals surface area contributed by atoms with E-state index in [-0.39, 0.29) is 0 Å². The highest BCUT2D eigenvalue weighted by atomic mass is 35.5. The van der Waals surface area contributed by atoms with Crippen LogP contribution in [0, 0.1) is 12.3 Å². The van der Waals surface area contributed by atoms with E-state index in [0.717, 1.165) is 48.7 Å². The largest absolute Gasteiger partial charge is 0.493 e.